The van der Waals surface area contributed by atoms with Gasteiger partial charge in [-0.1, -0.05) is 6.07 Å². The monoisotopic (exact) mass is 254 g/mol. The minimum absolute atomic E-state index is 0.00245. The average Bonchev–Trinajstić information content (AvgIpc) is 2.81. The van der Waals surface area contributed by atoms with E-state index in [9.17, 15) is 13.6 Å². The molecule has 0 fully saturated rings. The van der Waals surface area contributed by atoms with Gasteiger partial charge >= 0.3 is 0 Å². The lowest BCUT2D eigenvalue weighted by molar-refractivity contribution is 0.0946. The normalized spacial score (nSPS) is 10.2. The molecule has 0 aliphatic carbocycles. The van der Waals surface area contributed by atoms with Crippen molar-refractivity contribution in [1.29, 1.82) is 0 Å². The van der Waals surface area contributed by atoms with Gasteiger partial charge in [-0.05, 0) is 6.07 Å². The number of halogens is 2. The molecule has 1 heterocycles. The Morgan fingerprint density at radius 3 is 2.88 bits per heavy atom. The lowest BCUT2D eigenvalue weighted by Gasteiger charge is -2.04. The number of aromatic nitrogens is 1. The summed E-state index contributed by atoms with van der Waals surface area (Å²) in [5.74, 6) is -1.70. The van der Waals surface area contributed by atoms with Crippen LogP contribution in [-0.4, -0.2) is 10.9 Å². The van der Waals surface area contributed by atoms with Crippen LogP contribution in [-0.2, 0) is 6.54 Å². The molecule has 6 heteroatoms. The second-order valence-electron chi connectivity index (χ2n) is 3.29. The average molecular weight is 254 g/mol. The Labute approximate surface area is 100 Å². The van der Waals surface area contributed by atoms with Crippen LogP contribution in [0.4, 0.5) is 8.78 Å². The molecule has 1 aromatic heterocycles. The maximum atomic E-state index is 13.2. The third-order valence-corrected chi connectivity index (χ3v) is 2.71. The van der Waals surface area contributed by atoms with E-state index in [2.05, 4.69) is 10.3 Å². The Morgan fingerprint density at radius 1 is 1.41 bits per heavy atom. The first-order valence-corrected chi connectivity index (χ1v) is 5.71. The summed E-state index contributed by atoms with van der Waals surface area (Å²) in [6.07, 6.45) is 0. The molecule has 0 bridgehead atoms. The largest absolute Gasteiger partial charge is 0.346 e. The third-order valence-electron chi connectivity index (χ3n) is 2.12. The summed E-state index contributed by atoms with van der Waals surface area (Å²) < 4.78 is 25.9. The van der Waals surface area contributed by atoms with Gasteiger partial charge in [-0.15, -0.1) is 11.3 Å². The number of rotatable bonds is 3. The van der Waals surface area contributed by atoms with Crippen LogP contribution in [0.2, 0.25) is 0 Å². The number of hydrogen-bond donors (Lipinski definition) is 1. The smallest absolute Gasteiger partial charge is 0.271 e. The molecule has 1 N–H and O–H groups in total. The minimum atomic E-state index is -0.677. The van der Waals surface area contributed by atoms with Gasteiger partial charge in [-0.25, -0.2) is 13.8 Å². The fraction of sp³-hybridized carbons (Fsp3) is 0.0909. The highest BCUT2D eigenvalue weighted by atomic mass is 32.1. The molecule has 1 amide bonds. The van der Waals surface area contributed by atoms with E-state index in [4.69, 9.17) is 0 Å². The van der Waals surface area contributed by atoms with Crippen LogP contribution in [0.15, 0.2) is 29.1 Å². The molecule has 1 aromatic carbocycles. The van der Waals surface area contributed by atoms with Gasteiger partial charge in [0.1, 0.15) is 17.3 Å². The quantitative estimate of drug-likeness (QED) is 0.913. The van der Waals surface area contributed by atoms with Crippen molar-refractivity contribution in [3.05, 3.63) is 52.0 Å². The number of thiazole rings is 1. The van der Waals surface area contributed by atoms with Gasteiger partial charge in [-0.2, -0.15) is 0 Å². The number of nitrogens with zero attached hydrogens (tertiary/aromatic N) is 1. The van der Waals surface area contributed by atoms with E-state index in [-0.39, 0.29) is 23.7 Å². The molecular weight excluding hydrogens is 246 g/mol. The molecule has 0 aliphatic rings. The lowest BCUT2D eigenvalue weighted by Crippen LogP contribution is -2.23. The minimum Gasteiger partial charge on any atom is -0.346 e. The van der Waals surface area contributed by atoms with Crippen LogP contribution in [0.3, 0.4) is 0 Å². The van der Waals surface area contributed by atoms with Crippen molar-refractivity contribution in [3.63, 3.8) is 0 Å². The first-order valence-electron chi connectivity index (χ1n) is 4.77. The summed E-state index contributed by atoms with van der Waals surface area (Å²) in [5.41, 5.74) is 2.06. The summed E-state index contributed by atoms with van der Waals surface area (Å²) in [6.45, 7) is 0.00245. The zero-order chi connectivity index (χ0) is 12.3. The highest BCUT2D eigenvalue weighted by molar-refractivity contribution is 7.07. The van der Waals surface area contributed by atoms with Crippen molar-refractivity contribution in [2.24, 2.45) is 0 Å². The predicted octanol–water partition coefficient (Wildman–Crippen LogP) is 2.35. The van der Waals surface area contributed by atoms with Crippen LogP contribution in [0.5, 0.6) is 0 Å². The Kier molecular flexibility index (Phi) is 3.43. The number of amides is 1. The van der Waals surface area contributed by atoms with E-state index in [0.717, 1.165) is 12.1 Å². The van der Waals surface area contributed by atoms with E-state index in [1.807, 2.05) is 0 Å². The van der Waals surface area contributed by atoms with Gasteiger partial charge in [-0.3, -0.25) is 4.79 Å². The molecule has 0 aliphatic heterocycles. The molecule has 17 heavy (non-hydrogen) atoms. The Hall–Kier alpha value is -1.82. The molecule has 2 aromatic rings. The molecule has 2 rings (SSSR count). The van der Waals surface area contributed by atoms with Crippen molar-refractivity contribution >= 4 is 17.2 Å². The van der Waals surface area contributed by atoms with E-state index in [0.29, 0.717) is 0 Å². The highest BCUT2D eigenvalue weighted by Crippen LogP contribution is 2.09. The molecule has 0 spiro atoms. The molecular formula is C11H8F2N2OS. The molecule has 3 nitrogen and oxygen atoms in total. The van der Waals surface area contributed by atoms with E-state index in [1.54, 1.807) is 5.38 Å². The maximum Gasteiger partial charge on any atom is 0.271 e. The molecule has 0 saturated heterocycles. The zero-order valence-electron chi connectivity index (χ0n) is 8.61. The van der Waals surface area contributed by atoms with Gasteiger partial charge in [0.15, 0.2) is 0 Å². The fourth-order valence-electron chi connectivity index (χ4n) is 1.26. The van der Waals surface area contributed by atoms with Crippen molar-refractivity contribution in [3.8, 4) is 0 Å². The van der Waals surface area contributed by atoms with Gasteiger partial charge in [0, 0.05) is 23.6 Å². The first kappa shape index (κ1) is 11.7. The van der Waals surface area contributed by atoms with Crippen LogP contribution >= 0.6 is 11.3 Å². The van der Waals surface area contributed by atoms with E-state index >= 15 is 0 Å². The van der Waals surface area contributed by atoms with Gasteiger partial charge in [0.2, 0.25) is 0 Å². The maximum absolute atomic E-state index is 13.2. The fourth-order valence-corrected chi connectivity index (χ4v) is 1.79. The number of carbonyl (C=O) groups excluding carboxylic acids is 1. The van der Waals surface area contributed by atoms with Crippen LogP contribution in [0.1, 0.15) is 16.1 Å². The first-order chi connectivity index (χ1) is 8.16. The summed E-state index contributed by atoms with van der Waals surface area (Å²) in [7, 11) is 0. The molecule has 0 unspecified atom stereocenters. The van der Waals surface area contributed by atoms with Crippen LogP contribution < -0.4 is 5.32 Å². The summed E-state index contributed by atoms with van der Waals surface area (Å²) in [5, 5.41) is 4.10. The van der Waals surface area contributed by atoms with E-state index in [1.165, 1.54) is 22.9 Å². The Bertz CT molecular complexity index is 528. The summed E-state index contributed by atoms with van der Waals surface area (Å²) in [4.78, 5) is 15.3. The highest BCUT2D eigenvalue weighted by Gasteiger charge is 2.09. The number of benzene rings is 1. The zero-order valence-corrected chi connectivity index (χ0v) is 9.43. The SMILES string of the molecule is O=C(NCc1ccc(F)cc1F)c1cscn1. The topological polar surface area (TPSA) is 42.0 Å². The number of nitrogens with one attached hydrogen (secondary N) is 1. The van der Waals surface area contributed by atoms with Gasteiger partial charge in [0.25, 0.3) is 5.91 Å². The van der Waals surface area contributed by atoms with Gasteiger partial charge in [0.05, 0.1) is 5.51 Å². The molecule has 0 radical (unpaired) electrons. The molecule has 0 saturated carbocycles. The van der Waals surface area contributed by atoms with Crippen LogP contribution in [0.25, 0.3) is 0 Å². The van der Waals surface area contributed by atoms with Crippen molar-refractivity contribution in [2.45, 2.75) is 6.54 Å². The summed E-state index contributed by atoms with van der Waals surface area (Å²) in [6, 6.07) is 3.23. The Balaban J connectivity index is 2.01. The van der Waals surface area contributed by atoms with Crippen LogP contribution in [0, 0.1) is 11.6 Å². The number of carbonyl (C=O) groups is 1. The van der Waals surface area contributed by atoms with Gasteiger partial charge < -0.3 is 5.32 Å². The third kappa shape index (κ3) is 2.85. The summed E-state index contributed by atoms with van der Waals surface area (Å²) >= 11 is 1.30. The van der Waals surface area contributed by atoms with E-state index < -0.39 is 11.6 Å². The van der Waals surface area contributed by atoms with Crippen molar-refractivity contribution < 1.29 is 13.6 Å². The van der Waals surface area contributed by atoms with Crippen molar-refractivity contribution in [1.82, 2.24) is 10.3 Å². The number of hydrogen-bond acceptors (Lipinski definition) is 3. The van der Waals surface area contributed by atoms with Crippen molar-refractivity contribution in [2.75, 3.05) is 0 Å². The molecule has 0 atom stereocenters. The Morgan fingerprint density at radius 2 is 2.24 bits per heavy atom. The standard InChI is InChI=1S/C11H8F2N2OS/c12-8-2-1-7(9(13)3-8)4-14-11(16)10-5-17-6-15-10/h1-3,5-6H,4H2,(H,14,16). The molecule has 88 valence electrons. The second kappa shape index (κ2) is 5.01. The predicted molar refractivity (Wildman–Crippen MR) is 59.6 cm³/mol. The second-order valence-corrected chi connectivity index (χ2v) is 4.01. The lowest BCUT2D eigenvalue weighted by atomic mass is 10.2.